The Morgan fingerprint density at radius 3 is 2.86 bits per heavy atom. The van der Waals surface area contributed by atoms with Crippen molar-refractivity contribution in [1.82, 2.24) is 0 Å². The van der Waals surface area contributed by atoms with Crippen molar-refractivity contribution in [1.29, 1.82) is 0 Å². The van der Waals surface area contributed by atoms with Crippen molar-refractivity contribution in [2.75, 3.05) is 30.0 Å². The third-order valence-corrected chi connectivity index (χ3v) is 5.04. The number of anilines is 1. The summed E-state index contributed by atoms with van der Waals surface area (Å²) >= 11 is 6.10. The highest BCUT2D eigenvalue weighted by Crippen LogP contribution is 2.27. The van der Waals surface area contributed by atoms with Gasteiger partial charge in [-0.3, -0.25) is 4.31 Å². The maximum absolute atomic E-state index is 12.0. The fourth-order valence-electron chi connectivity index (χ4n) is 2.02. The average molecular weight is 348 g/mol. The number of carbonyl (C=O) groups is 1. The summed E-state index contributed by atoms with van der Waals surface area (Å²) in [6.07, 6.45) is 1.71. The van der Waals surface area contributed by atoms with E-state index in [1.165, 1.54) is 16.4 Å². The van der Waals surface area contributed by atoms with Crippen molar-refractivity contribution in [2.24, 2.45) is 0 Å². The van der Waals surface area contributed by atoms with Crippen LogP contribution in [0.5, 0.6) is 0 Å². The number of nitrogens with zero attached hydrogens (tertiary/aromatic N) is 1. The van der Waals surface area contributed by atoms with Gasteiger partial charge in [-0.15, -0.1) is 0 Å². The summed E-state index contributed by atoms with van der Waals surface area (Å²) in [6, 6.07) is 4.49. The molecule has 1 aromatic carbocycles. The molecule has 1 aliphatic heterocycles. The molecule has 1 heterocycles. The Hall–Kier alpha value is -1.31. The largest absolute Gasteiger partial charge is 0.462 e. The molecular formula is C14H18ClNO5S. The number of halogens is 1. The number of rotatable bonds is 5. The van der Waals surface area contributed by atoms with Crippen molar-refractivity contribution in [3.63, 3.8) is 0 Å². The number of esters is 1. The molecule has 8 heteroatoms. The standard InChI is InChI=1S/C14H18ClNO5S/c1-2-3-7-21-14(17)12-5-4-11(9-13(12)15)16-6-8-20-10-22(16,18)19/h4-5,9H,2-3,6-8,10H2,1H3. The van der Waals surface area contributed by atoms with Gasteiger partial charge in [0.25, 0.3) is 10.0 Å². The minimum Gasteiger partial charge on any atom is -0.462 e. The van der Waals surface area contributed by atoms with Crippen LogP contribution in [-0.2, 0) is 19.5 Å². The summed E-state index contributed by atoms with van der Waals surface area (Å²) in [7, 11) is -3.51. The van der Waals surface area contributed by atoms with E-state index in [0.717, 1.165) is 12.8 Å². The van der Waals surface area contributed by atoms with E-state index in [-0.39, 0.29) is 23.1 Å². The molecule has 0 aliphatic carbocycles. The summed E-state index contributed by atoms with van der Waals surface area (Å²) in [5, 5.41) is 0.167. The van der Waals surface area contributed by atoms with Crippen LogP contribution in [0.25, 0.3) is 0 Å². The molecule has 0 amide bonds. The molecule has 0 radical (unpaired) electrons. The smallest absolute Gasteiger partial charge is 0.339 e. The molecule has 0 N–H and O–H groups in total. The third-order valence-electron chi connectivity index (χ3n) is 3.20. The Labute approximate surface area is 135 Å². The highest BCUT2D eigenvalue weighted by molar-refractivity contribution is 7.92. The lowest BCUT2D eigenvalue weighted by Gasteiger charge is -2.28. The number of hydrogen-bond donors (Lipinski definition) is 0. The molecule has 22 heavy (non-hydrogen) atoms. The Morgan fingerprint density at radius 1 is 1.45 bits per heavy atom. The minimum atomic E-state index is -3.51. The molecule has 2 rings (SSSR count). The Balaban J connectivity index is 2.17. The van der Waals surface area contributed by atoms with Gasteiger partial charge in [-0.25, -0.2) is 13.2 Å². The van der Waals surface area contributed by atoms with Gasteiger partial charge in [0, 0.05) is 0 Å². The van der Waals surface area contributed by atoms with Crippen LogP contribution in [-0.4, -0.2) is 40.1 Å². The van der Waals surface area contributed by atoms with Crippen LogP contribution in [0.2, 0.25) is 5.02 Å². The van der Waals surface area contributed by atoms with Crippen molar-refractivity contribution in [3.05, 3.63) is 28.8 Å². The highest BCUT2D eigenvalue weighted by atomic mass is 35.5. The maximum Gasteiger partial charge on any atom is 0.339 e. The van der Waals surface area contributed by atoms with Gasteiger partial charge < -0.3 is 9.47 Å². The highest BCUT2D eigenvalue weighted by Gasteiger charge is 2.27. The van der Waals surface area contributed by atoms with E-state index in [1.54, 1.807) is 6.07 Å². The summed E-state index contributed by atoms with van der Waals surface area (Å²) in [6.45, 7) is 2.88. The maximum atomic E-state index is 12.0. The zero-order valence-electron chi connectivity index (χ0n) is 12.2. The van der Waals surface area contributed by atoms with Crippen molar-refractivity contribution < 1.29 is 22.7 Å². The number of ether oxygens (including phenoxy) is 2. The number of sulfonamides is 1. The van der Waals surface area contributed by atoms with Gasteiger partial charge in [-0.05, 0) is 24.6 Å². The fourth-order valence-corrected chi connectivity index (χ4v) is 3.51. The topological polar surface area (TPSA) is 72.9 Å². The van der Waals surface area contributed by atoms with Gasteiger partial charge in [0.05, 0.1) is 36.0 Å². The van der Waals surface area contributed by atoms with Crippen LogP contribution < -0.4 is 4.31 Å². The van der Waals surface area contributed by atoms with E-state index < -0.39 is 16.0 Å². The summed E-state index contributed by atoms with van der Waals surface area (Å²) in [5.74, 6) is -0.861. The molecule has 0 saturated carbocycles. The second-order valence-electron chi connectivity index (χ2n) is 4.86. The van der Waals surface area contributed by atoms with Crippen LogP contribution in [0.4, 0.5) is 5.69 Å². The second-order valence-corrected chi connectivity index (χ2v) is 7.11. The molecule has 0 unspecified atom stereocenters. The molecule has 1 aromatic rings. The van der Waals surface area contributed by atoms with E-state index >= 15 is 0 Å². The first-order valence-corrected chi connectivity index (χ1v) is 8.99. The van der Waals surface area contributed by atoms with Gasteiger partial charge in [-0.2, -0.15) is 0 Å². The van der Waals surface area contributed by atoms with Gasteiger partial charge >= 0.3 is 5.97 Å². The molecule has 1 aliphatic rings. The summed E-state index contributed by atoms with van der Waals surface area (Å²) < 4.78 is 35.2. The van der Waals surface area contributed by atoms with Crippen LogP contribution >= 0.6 is 11.6 Å². The first-order valence-electron chi connectivity index (χ1n) is 7.00. The minimum absolute atomic E-state index is 0.167. The van der Waals surface area contributed by atoms with Crippen LogP contribution in [0.3, 0.4) is 0 Å². The monoisotopic (exact) mass is 347 g/mol. The molecule has 0 atom stereocenters. The number of carbonyl (C=O) groups excluding carboxylic acids is 1. The third kappa shape index (κ3) is 3.91. The number of unbranched alkanes of at least 4 members (excludes halogenated alkanes) is 1. The molecule has 0 spiro atoms. The second kappa shape index (κ2) is 7.30. The molecule has 1 fully saturated rings. The van der Waals surface area contributed by atoms with Crippen LogP contribution in [0.15, 0.2) is 18.2 Å². The van der Waals surface area contributed by atoms with Gasteiger partial charge in [0.15, 0.2) is 5.94 Å². The molecule has 1 saturated heterocycles. The van der Waals surface area contributed by atoms with Crippen molar-refractivity contribution in [3.8, 4) is 0 Å². The van der Waals surface area contributed by atoms with E-state index in [9.17, 15) is 13.2 Å². The first kappa shape index (κ1) is 17.1. The predicted molar refractivity (Wildman–Crippen MR) is 83.7 cm³/mol. The summed E-state index contributed by atoms with van der Waals surface area (Å²) in [4.78, 5) is 11.9. The lowest BCUT2D eigenvalue weighted by atomic mass is 10.2. The quantitative estimate of drug-likeness (QED) is 0.604. The van der Waals surface area contributed by atoms with Gasteiger partial charge in [-0.1, -0.05) is 24.9 Å². The summed E-state index contributed by atoms with van der Waals surface area (Å²) in [5.41, 5.74) is 0.644. The Bertz CT molecular complexity index is 647. The van der Waals surface area contributed by atoms with Crippen molar-refractivity contribution in [2.45, 2.75) is 19.8 Å². The number of hydrogen-bond acceptors (Lipinski definition) is 5. The average Bonchev–Trinajstić information content (AvgIpc) is 2.46. The molecule has 122 valence electrons. The molecule has 6 nitrogen and oxygen atoms in total. The van der Waals surface area contributed by atoms with Crippen molar-refractivity contribution >= 4 is 33.3 Å². The first-order chi connectivity index (χ1) is 10.5. The molecular weight excluding hydrogens is 330 g/mol. The van der Waals surface area contributed by atoms with Crippen LogP contribution in [0, 0.1) is 0 Å². The zero-order valence-corrected chi connectivity index (χ0v) is 13.8. The molecule has 0 bridgehead atoms. The molecule has 0 aromatic heterocycles. The fraction of sp³-hybridized carbons (Fsp3) is 0.500. The lowest BCUT2D eigenvalue weighted by molar-refractivity contribution is 0.0500. The normalized spacial score (nSPS) is 17.3. The van der Waals surface area contributed by atoms with Gasteiger partial charge in [0.1, 0.15) is 0 Å². The van der Waals surface area contributed by atoms with E-state index in [1.807, 2.05) is 6.92 Å². The number of benzene rings is 1. The zero-order chi connectivity index (χ0) is 16.2. The van der Waals surface area contributed by atoms with Gasteiger partial charge in [0.2, 0.25) is 0 Å². The Morgan fingerprint density at radius 2 is 2.23 bits per heavy atom. The van der Waals surface area contributed by atoms with E-state index in [2.05, 4.69) is 0 Å². The van der Waals surface area contributed by atoms with Crippen LogP contribution in [0.1, 0.15) is 30.1 Å². The predicted octanol–water partition coefficient (Wildman–Crippen LogP) is 2.42. The SMILES string of the molecule is CCCCOC(=O)c1ccc(N2CCOCS2(=O)=O)cc1Cl. The van der Waals surface area contributed by atoms with E-state index in [4.69, 9.17) is 21.1 Å². The van der Waals surface area contributed by atoms with E-state index in [0.29, 0.717) is 18.9 Å². The lowest BCUT2D eigenvalue weighted by Crippen LogP contribution is -2.41. The Kier molecular flexibility index (Phi) is 5.66.